The quantitative estimate of drug-likeness (QED) is 0.452. The number of thioether (sulfide) groups is 1. The van der Waals surface area contributed by atoms with Gasteiger partial charge in [-0.15, -0.1) is 6.58 Å². The maximum Gasteiger partial charge on any atom is 0.147 e. The second-order valence-electron chi connectivity index (χ2n) is 6.17. The number of allylic oxidation sites excluding steroid dienone is 1. The van der Waals surface area contributed by atoms with E-state index in [-0.39, 0.29) is 5.78 Å². The van der Waals surface area contributed by atoms with Crippen molar-refractivity contribution < 1.29 is 4.79 Å². The molecule has 0 spiro atoms. The SMILES string of the molecule is C=CCc1c(SCC(=O)Cc2ccccc2C)n[nH]c1-c1ccccc1. The zero-order valence-electron chi connectivity index (χ0n) is 14.9. The van der Waals surface area contributed by atoms with Crippen LogP contribution in [0.5, 0.6) is 0 Å². The first-order valence-electron chi connectivity index (χ1n) is 8.61. The lowest BCUT2D eigenvalue weighted by Gasteiger charge is -2.05. The number of carbonyl (C=O) groups is 1. The molecule has 2 aromatic carbocycles. The largest absolute Gasteiger partial charge is 0.298 e. The number of nitrogens with zero attached hydrogens (tertiary/aromatic N) is 1. The van der Waals surface area contributed by atoms with Crippen LogP contribution in [0, 0.1) is 6.92 Å². The van der Waals surface area contributed by atoms with Crippen molar-refractivity contribution in [1.29, 1.82) is 0 Å². The molecule has 0 aliphatic carbocycles. The summed E-state index contributed by atoms with van der Waals surface area (Å²) in [6.45, 7) is 5.89. The Balaban J connectivity index is 1.72. The molecular weight excluding hydrogens is 340 g/mol. The highest BCUT2D eigenvalue weighted by molar-refractivity contribution is 8.00. The van der Waals surface area contributed by atoms with Crippen LogP contribution in [0.25, 0.3) is 11.3 Å². The lowest BCUT2D eigenvalue weighted by Crippen LogP contribution is -2.07. The number of carbonyl (C=O) groups excluding carboxylic acids is 1. The van der Waals surface area contributed by atoms with Crippen LogP contribution in [0.4, 0.5) is 0 Å². The van der Waals surface area contributed by atoms with Gasteiger partial charge in [0, 0.05) is 12.0 Å². The van der Waals surface area contributed by atoms with Crippen molar-refractivity contribution in [1.82, 2.24) is 10.2 Å². The lowest BCUT2D eigenvalue weighted by molar-refractivity contribution is -0.116. The van der Waals surface area contributed by atoms with E-state index in [1.807, 2.05) is 55.5 Å². The number of benzene rings is 2. The van der Waals surface area contributed by atoms with Crippen LogP contribution >= 0.6 is 11.8 Å². The van der Waals surface area contributed by atoms with Gasteiger partial charge in [0.15, 0.2) is 0 Å². The molecule has 1 N–H and O–H groups in total. The topological polar surface area (TPSA) is 45.8 Å². The van der Waals surface area contributed by atoms with Gasteiger partial charge in [-0.1, -0.05) is 72.4 Å². The third-order valence-corrected chi connectivity index (χ3v) is 5.34. The molecule has 3 aromatic rings. The first-order valence-corrected chi connectivity index (χ1v) is 9.60. The summed E-state index contributed by atoms with van der Waals surface area (Å²) in [4.78, 5) is 12.4. The standard InChI is InChI=1S/C22H22N2OS/c1-3-9-20-21(17-11-5-4-6-12-17)23-24-22(20)26-15-19(25)14-18-13-8-7-10-16(18)2/h3-8,10-13H,1,9,14-15H2,2H3,(H,23,24). The summed E-state index contributed by atoms with van der Waals surface area (Å²) in [7, 11) is 0. The summed E-state index contributed by atoms with van der Waals surface area (Å²) < 4.78 is 0. The van der Waals surface area contributed by atoms with E-state index in [1.165, 1.54) is 11.8 Å². The van der Waals surface area contributed by atoms with Gasteiger partial charge in [0.2, 0.25) is 0 Å². The predicted octanol–water partition coefficient (Wildman–Crippen LogP) is 5.02. The number of aromatic nitrogens is 2. The van der Waals surface area contributed by atoms with Crippen LogP contribution in [0.15, 0.2) is 72.3 Å². The molecule has 1 heterocycles. The molecule has 132 valence electrons. The minimum absolute atomic E-state index is 0.207. The van der Waals surface area contributed by atoms with Gasteiger partial charge in [0.1, 0.15) is 10.8 Å². The highest BCUT2D eigenvalue weighted by atomic mass is 32.2. The van der Waals surface area contributed by atoms with E-state index in [4.69, 9.17) is 0 Å². The Bertz CT molecular complexity index is 900. The Morgan fingerprint density at radius 3 is 2.62 bits per heavy atom. The third kappa shape index (κ3) is 4.33. The maximum absolute atomic E-state index is 12.4. The van der Waals surface area contributed by atoms with E-state index >= 15 is 0 Å². The van der Waals surface area contributed by atoms with Crippen LogP contribution < -0.4 is 0 Å². The summed E-state index contributed by atoms with van der Waals surface area (Å²) in [5.74, 6) is 0.621. The van der Waals surface area contributed by atoms with Crippen LogP contribution in [0.3, 0.4) is 0 Å². The summed E-state index contributed by atoms with van der Waals surface area (Å²) >= 11 is 1.50. The molecular formula is C22H22N2OS. The highest BCUT2D eigenvalue weighted by Crippen LogP contribution is 2.30. The van der Waals surface area contributed by atoms with Crippen LogP contribution in [-0.2, 0) is 17.6 Å². The van der Waals surface area contributed by atoms with Crippen LogP contribution in [0.1, 0.15) is 16.7 Å². The first-order chi connectivity index (χ1) is 12.7. The van der Waals surface area contributed by atoms with E-state index in [1.54, 1.807) is 0 Å². The van der Waals surface area contributed by atoms with Gasteiger partial charge in [0.25, 0.3) is 0 Å². The molecule has 3 rings (SSSR count). The van der Waals surface area contributed by atoms with Crippen molar-refractivity contribution in [3.63, 3.8) is 0 Å². The second-order valence-corrected chi connectivity index (χ2v) is 7.14. The van der Waals surface area contributed by atoms with Gasteiger partial charge in [0.05, 0.1) is 11.4 Å². The van der Waals surface area contributed by atoms with Gasteiger partial charge >= 0.3 is 0 Å². The Kier molecular flexibility index (Phi) is 6.08. The van der Waals surface area contributed by atoms with Crippen LogP contribution in [-0.4, -0.2) is 21.7 Å². The summed E-state index contributed by atoms with van der Waals surface area (Å²) in [6.07, 6.45) is 3.05. The number of Topliss-reactive ketones (excluding diaryl/α,β-unsaturated/α-hetero) is 1. The minimum atomic E-state index is 0.207. The molecule has 0 aliphatic rings. The summed E-state index contributed by atoms with van der Waals surface area (Å²) in [5.41, 5.74) is 5.44. The van der Waals surface area contributed by atoms with Gasteiger partial charge < -0.3 is 0 Å². The Morgan fingerprint density at radius 2 is 1.88 bits per heavy atom. The van der Waals surface area contributed by atoms with E-state index in [2.05, 4.69) is 28.9 Å². The zero-order chi connectivity index (χ0) is 18.4. The van der Waals surface area contributed by atoms with Crippen molar-refractivity contribution >= 4 is 17.5 Å². The molecule has 26 heavy (non-hydrogen) atoms. The summed E-state index contributed by atoms with van der Waals surface area (Å²) in [5, 5.41) is 8.45. The number of hydrogen-bond acceptors (Lipinski definition) is 3. The number of ketones is 1. The molecule has 4 heteroatoms. The van der Waals surface area contributed by atoms with E-state index in [9.17, 15) is 4.79 Å². The minimum Gasteiger partial charge on any atom is -0.298 e. The molecule has 0 aliphatic heterocycles. The van der Waals surface area contributed by atoms with Crippen molar-refractivity contribution in [2.75, 3.05) is 5.75 Å². The van der Waals surface area contributed by atoms with Gasteiger partial charge in [-0.25, -0.2) is 0 Å². The highest BCUT2D eigenvalue weighted by Gasteiger charge is 2.15. The number of rotatable bonds is 8. The molecule has 3 nitrogen and oxygen atoms in total. The zero-order valence-corrected chi connectivity index (χ0v) is 15.7. The van der Waals surface area contributed by atoms with Gasteiger partial charge in [-0.05, 0) is 30.0 Å². The second kappa shape index (κ2) is 8.68. The number of nitrogens with one attached hydrogen (secondary N) is 1. The molecule has 0 saturated heterocycles. The molecule has 0 amide bonds. The molecule has 0 radical (unpaired) electrons. The van der Waals surface area contributed by atoms with Crippen molar-refractivity contribution in [2.45, 2.75) is 24.8 Å². The molecule has 1 aromatic heterocycles. The van der Waals surface area contributed by atoms with Crippen molar-refractivity contribution in [3.05, 3.63) is 83.9 Å². The number of aromatic amines is 1. The Hall–Kier alpha value is -2.59. The molecule has 0 fully saturated rings. The predicted molar refractivity (Wildman–Crippen MR) is 109 cm³/mol. The number of aryl methyl sites for hydroxylation is 1. The fourth-order valence-corrected chi connectivity index (χ4v) is 3.74. The fraction of sp³-hybridized carbons (Fsp3) is 0.182. The average Bonchev–Trinajstić information content (AvgIpc) is 3.06. The maximum atomic E-state index is 12.4. The van der Waals surface area contributed by atoms with Crippen LogP contribution in [0.2, 0.25) is 0 Å². The van der Waals surface area contributed by atoms with Crippen molar-refractivity contribution in [2.24, 2.45) is 0 Å². The number of H-pyrrole nitrogens is 1. The van der Waals surface area contributed by atoms with Gasteiger partial charge in [-0.3, -0.25) is 9.89 Å². The smallest absolute Gasteiger partial charge is 0.147 e. The Morgan fingerprint density at radius 1 is 1.15 bits per heavy atom. The molecule has 0 unspecified atom stereocenters. The van der Waals surface area contributed by atoms with E-state index in [0.29, 0.717) is 12.2 Å². The van der Waals surface area contributed by atoms with Gasteiger partial charge in [-0.2, -0.15) is 5.10 Å². The number of hydrogen-bond donors (Lipinski definition) is 1. The average molecular weight is 362 g/mol. The fourth-order valence-electron chi connectivity index (χ4n) is 2.87. The molecule has 0 bridgehead atoms. The first kappa shape index (κ1) is 18.2. The summed E-state index contributed by atoms with van der Waals surface area (Å²) in [6, 6.07) is 18.1. The molecule has 0 saturated carbocycles. The Labute approximate surface area is 158 Å². The lowest BCUT2D eigenvalue weighted by atomic mass is 10.0. The normalized spacial score (nSPS) is 10.7. The molecule has 0 atom stereocenters. The van der Waals surface area contributed by atoms with Crippen molar-refractivity contribution in [3.8, 4) is 11.3 Å². The monoisotopic (exact) mass is 362 g/mol. The van der Waals surface area contributed by atoms with E-state index in [0.717, 1.165) is 39.4 Å². The third-order valence-electron chi connectivity index (χ3n) is 4.26. The van der Waals surface area contributed by atoms with E-state index < -0.39 is 0 Å².